The quantitative estimate of drug-likeness (QED) is 0.837. The summed E-state index contributed by atoms with van der Waals surface area (Å²) in [5, 5.41) is 6.16. The molecule has 1 unspecified atom stereocenters. The van der Waals surface area contributed by atoms with Gasteiger partial charge in [-0.1, -0.05) is 6.07 Å². The number of hydrogen-bond acceptors (Lipinski definition) is 4. The lowest BCUT2D eigenvalue weighted by Crippen LogP contribution is -2.27. The first-order valence-electron chi connectivity index (χ1n) is 6.82. The minimum Gasteiger partial charge on any atom is -0.465 e. The van der Waals surface area contributed by atoms with Gasteiger partial charge in [-0.15, -0.1) is 12.4 Å². The summed E-state index contributed by atoms with van der Waals surface area (Å²) in [4.78, 5) is 23.5. The van der Waals surface area contributed by atoms with Gasteiger partial charge in [0.1, 0.15) is 0 Å². The third-order valence-corrected chi connectivity index (χ3v) is 3.53. The maximum Gasteiger partial charge on any atom is 0.337 e. The van der Waals surface area contributed by atoms with Crippen LogP contribution in [0.25, 0.3) is 0 Å². The first kappa shape index (κ1) is 17.5. The van der Waals surface area contributed by atoms with E-state index in [1.807, 2.05) is 6.92 Å². The summed E-state index contributed by atoms with van der Waals surface area (Å²) in [5.74, 6) is -0.438. The van der Waals surface area contributed by atoms with Gasteiger partial charge in [-0.3, -0.25) is 4.79 Å². The van der Waals surface area contributed by atoms with Crippen LogP contribution in [0.15, 0.2) is 18.2 Å². The van der Waals surface area contributed by atoms with Crippen molar-refractivity contribution in [2.45, 2.75) is 32.2 Å². The Morgan fingerprint density at radius 2 is 2.19 bits per heavy atom. The third-order valence-electron chi connectivity index (χ3n) is 3.53. The number of carbonyl (C=O) groups excluding carboxylic acids is 2. The maximum absolute atomic E-state index is 12.0. The molecular formula is C15H21ClN2O3. The van der Waals surface area contributed by atoms with Gasteiger partial charge in [0, 0.05) is 18.2 Å². The van der Waals surface area contributed by atoms with Gasteiger partial charge in [0.25, 0.3) is 0 Å². The highest BCUT2D eigenvalue weighted by Crippen LogP contribution is 2.18. The van der Waals surface area contributed by atoms with Crippen molar-refractivity contribution >= 4 is 30.0 Å². The molecule has 0 saturated carbocycles. The van der Waals surface area contributed by atoms with E-state index in [9.17, 15) is 9.59 Å². The van der Waals surface area contributed by atoms with Gasteiger partial charge in [0.15, 0.2) is 0 Å². The molecule has 1 amide bonds. The number of rotatable bonds is 4. The lowest BCUT2D eigenvalue weighted by Gasteiger charge is -2.13. The van der Waals surface area contributed by atoms with E-state index < -0.39 is 5.97 Å². The number of nitrogens with one attached hydrogen (secondary N) is 2. The average molecular weight is 313 g/mol. The van der Waals surface area contributed by atoms with E-state index in [0.717, 1.165) is 24.9 Å². The van der Waals surface area contributed by atoms with Gasteiger partial charge in [0.05, 0.1) is 12.7 Å². The van der Waals surface area contributed by atoms with Crippen molar-refractivity contribution < 1.29 is 14.3 Å². The summed E-state index contributed by atoms with van der Waals surface area (Å²) in [6.45, 7) is 2.87. The van der Waals surface area contributed by atoms with Crippen molar-refractivity contribution in [2.24, 2.45) is 0 Å². The van der Waals surface area contributed by atoms with Crippen LogP contribution >= 0.6 is 12.4 Å². The fourth-order valence-electron chi connectivity index (χ4n) is 2.36. The largest absolute Gasteiger partial charge is 0.465 e. The summed E-state index contributed by atoms with van der Waals surface area (Å²) in [6, 6.07) is 5.41. The Hall–Kier alpha value is -1.59. The van der Waals surface area contributed by atoms with Crippen LogP contribution in [0.2, 0.25) is 0 Å². The Morgan fingerprint density at radius 1 is 1.43 bits per heavy atom. The zero-order valence-corrected chi connectivity index (χ0v) is 13.1. The molecule has 21 heavy (non-hydrogen) atoms. The molecule has 1 aliphatic rings. The SMILES string of the molecule is COC(=O)c1ccc(C)c(NC(=O)CC2CCCN2)c1.Cl. The summed E-state index contributed by atoms with van der Waals surface area (Å²) in [6.07, 6.45) is 2.62. The molecule has 1 fully saturated rings. The molecule has 1 aromatic rings. The number of methoxy groups -OCH3 is 1. The minimum atomic E-state index is -0.405. The molecule has 1 atom stereocenters. The van der Waals surface area contributed by atoms with Crippen LogP contribution in [0.4, 0.5) is 5.69 Å². The monoisotopic (exact) mass is 312 g/mol. The standard InChI is InChI=1S/C15H20N2O3.ClH/c1-10-5-6-11(15(19)20-2)8-13(10)17-14(18)9-12-4-3-7-16-12;/h5-6,8,12,16H,3-4,7,9H2,1-2H3,(H,17,18);1H. The number of anilines is 1. The van der Waals surface area contributed by atoms with E-state index >= 15 is 0 Å². The van der Waals surface area contributed by atoms with Gasteiger partial charge in [-0.2, -0.15) is 0 Å². The van der Waals surface area contributed by atoms with E-state index in [4.69, 9.17) is 0 Å². The molecule has 0 aliphatic carbocycles. The fraction of sp³-hybridized carbons (Fsp3) is 0.467. The molecule has 6 heteroatoms. The van der Waals surface area contributed by atoms with Gasteiger partial charge in [0.2, 0.25) is 5.91 Å². The van der Waals surface area contributed by atoms with E-state index in [0.29, 0.717) is 17.7 Å². The maximum atomic E-state index is 12.0. The molecule has 1 aromatic carbocycles. The molecule has 116 valence electrons. The van der Waals surface area contributed by atoms with Crippen molar-refractivity contribution in [1.82, 2.24) is 5.32 Å². The molecule has 2 N–H and O–H groups in total. The molecule has 1 saturated heterocycles. The molecule has 0 radical (unpaired) electrons. The van der Waals surface area contributed by atoms with Crippen LogP contribution in [0, 0.1) is 6.92 Å². The van der Waals surface area contributed by atoms with Crippen molar-refractivity contribution in [3.63, 3.8) is 0 Å². The van der Waals surface area contributed by atoms with Crippen LogP contribution < -0.4 is 10.6 Å². The van der Waals surface area contributed by atoms with E-state index in [-0.39, 0.29) is 24.4 Å². The smallest absolute Gasteiger partial charge is 0.337 e. The summed E-state index contributed by atoms with van der Waals surface area (Å²) < 4.78 is 4.68. The van der Waals surface area contributed by atoms with Crippen molar-refractivity contribution in [2.75, 3.05) is 19.0 Å². The number of carbonyl (C=O) groups is 2. The zero-order chi connectivity index (χ0) is 14.5. The highest BCUT2D eigenvalue weighted by molar-refractivity contribution is 5.95. The van der Waals surface area contributed by atoms with Gasteiger partial charge < -0.3 is 15.4 Å². The first-order chi connectivity index (χ1) is 9.60. The van der Waals surface area contributed by atoms with E-state index in [1.165, 1.54) is 7.11 Å². The van der Waals surface area contributed by atoms with E-state index in [1.54, 1.807) is 18.2 Å². The van der Waals surface area contributed by atoms with Crippen molar-refractivity contribution in [3.8, 4) is 0 Å². The second kappa shape index (κ2) is 8.00. The number of esters is 1. The molecule has 0 aromatic heterocycles. The summed E-state index contributed by atoms with van der Waals surface area (Å²) in [5.41, 5.74) is 2.02. The topological polar surface area (TPSA) is 67.4 Å². The molecule has 5 nitrogen and oxygen atoms in total. The average Bonchev–Trinajstić information content (AvgIpc) is 2.93. The summed E-state index contributed by atoms with van der Waals surface area (Å²) in [7, 11) is 1.34. The molecule has 2 rings (SSSR count). The molecule has 1 heterocycles. The van der Waals surface area contributed by atoms with Gasteiger partial charge >= 0.3 is 5.97 Å². The number of hydrogen-bond donors (Lipinski definition) is 2. The third kappa shape index (κ3) is 4.72. The van der Waals surface area contributed by atoms with Crippen LogP contribution in [0.5, 0.6) is 0 Å². The Bertz CT molecular complexity index is 514. The van der Waals surface area contributed by atoms with Gasteiger partial charge in [-0.25, -0.2) is 4.79 Å². The number of benzene rings is 1. The summed E-state index contributed by atoms with van der Waals surface area (Å²) >= 11 is 0. The Balaban J connectivity index is 0.00000220. The van der Waals surface area contributed by atoms with Crippen molar-refractivity contribution in [3.05, 3.63) is 29.3 Å². The lowest BCUT2D eigenvalue weighted by atomic mass is 10.1. The van der Waals surface area contributed by atoms with Crippen LogP contribution in [0.1, 0.15) is 35.2 Å². The predicted octanol–water partition coefficient (Wildman–Crippen LogP) is 2.28. The van der Waals surface area contributed by atoms with Crippen LogP contribution in [-0.2, 0) is 9.53 Å². The normalized spacial score (nSPS) is 17.0. The zero-order valence-electron chi connectivity index (χ0n) is 12.3. The van der Waals surface area contributed by atoms with Crippen molar-refractivity contribution in [1.29, 1.82) is 0 Å². The van der Waals surface area contributed by atoms with Gasteiger partial charge in [-0.05, 0) is 44.0 Å². The highest BCUT2D eigenvalue weighted by Gasteiger charge is 2.18. The second-order valence-electron chi connectivity index (χ2n) is 5.07. The van der Waals surface area contributed by atoms with E-state index in [2.05, 4.69) is 15.4 Å². The fourth-order valence-corrected chi connectivity index (χ4v) is 2.36. The Labute approximate surface area is 130 Å². The molecule has 0 spiro atoms. The minimum absolute atomic E-state index is 0. The Morgan fingerprint density at radius 3 is 2.81 bits per heavy atom. The first-order valence-corrected chi connectivity index (χ1v) is 6.82. The number of halogens is 1. The molecular weight excluding hydrogens is 292 g/mol. The predicted molar refractivity (Wildman–Crippen MR) is 84.0 cm³/mol. The Kier molecular flexibility index (Phi) is 6.65. The lowest BCUT2D eigenvalue weighted by molar-refractivity contribution is -0.116. The number of aryl methyl sites for hydroxylation is 1. The molecule has 1 aliphatic heterocycles. The molecule has 0 bridgehead atoms. The number of ether oxygens (including phenoxy) is 1. The second-order valence-corrected chi connectivity index (χ2v) is 5.07. The van der Waals surface area contributed by atoms with Crippen LogP contribution in [-0.4, -0.2) is 31.6 Å². The van der Waals surface area contributed by atoms with Crippen LogP contribution in [0.3, 0.4) is 0 Å². The highest BCUT2D eigenvalue weighted by atomic mass is 35.5. The number of amides is 1.